The van der Waals surface area contributed by atoms with Crippen LogP contribution >= 0.6 is 0 Å². The first-order valence-electron chi connectivity index (χ1n) is 19.9. The first kappa shape index (κ1) is 41.9. The lowest BCUT2D eigenvalue weighted by Crippen LogP contribution is -2.44. The van der Waals surface area contributed by atoms with E-state index in [0.29, 0.717) is 13.0 Å². The van der Waals surface area contributed by atoms with Crippen molar-refractivity contribution in [2.45, 2.75) is 226 Å². The van der Waals surface area contributed by atoms with E-state index in [4.69, 9.17) is 0 Å². The number of hydrogen-bond donors (Lipinski definition) is 1. The number of hydroxylamine groups is 3. The number of hydrogen-bond acceptors (Lipinski definition) is 2. The summed E-state index contributed by atoms with van der Waals surface area (Å²) in [4.78, 5) is 0. The molecule has 0 rings (SSSR count). The van der Waals surface area contributed by atoms with Gasteiger partial charge in [0.1, 0.15) is 0 Å². The molecule has 3 heteroatoms. The lowest BCUT2D eigenvalue weighted by Gasteiger charge is -2.43. The molecular formula is C39H81NO2. The summed E-state index contributed by atoms with van der Waals surface area (Å²) in [6.45, 7) is 6.86. The van der Waals surface area contributed by atoms with Gasteiger partial charge in [-0.1, -0.05) is 194 Å². The van der Waals surface area contributed by atoms with Gasteiger partial charge in [-0.15, -0.1) is 0 Å². The molecule has 0 saturated carbocycles. The molecular weight excluding hydrogens is 514 g/mol. The van der Waals surface area contributed by atoms with Crippen molar-refractivity contribution in [3.63, 3.8) is 0 Å². The van der Waals surface area contributed by atoms with E-state index in [1.165, 1.54) is 193 Å². The van der Waals surface area contributed by atoms with Crippen LogP contribution in [0.1, 0.15) is 226 Å². The summed E-state index contributed by atoms with van der Waals surface area (Å²) in [5, 5.41) is 22.7. The van der Waals surface area contributed by atoms with Crippen molar-refractivity contribution >= 4 is 0 Å². The van der Waals surface area contributed by atoms with Crippen LogP contribution in [0.15, 0.2) is 0 Å². The summed E-state index contributed by atoms with van der Waals surface area (Å²) in [5.41, 5.74) is 0. The third-order valence-corrected chi connectivity index (χ3v) is 9.56. The predicted molar refractivity (Wildman–Crippen MR) is 189 cm³/mol. The van der Waals surface area contributed by atoms with Crippen LogP contribution in [-0.4, -0.2) is 36.0 Å². The van der Waals surface area contributed by atoms with Gasteiger partial charge in [-0.05, 0) is 25.7 Å². The SMILES string of the molecule is CCCCCCCCCCCCCCCCCC[N+]([O-])(CCCO)CCCCCCCCCCCCCCCCCC. The second-order valence-electron chi connectivity index (χ2n) is 13.9. The largest absolute Gasteiger partial charge is 0.633 e. The molecule has 254 valence electrons. The standard InChI is InChI=1S/C39H81NO2/c1-3-5-7-9-11-13-15-17-19-21-23-25-27-29-31-33-36-40(42,38-35-39-41)37-34-32-30-28-26-24-22-20-18-16-14-12-10-8-6-4-2/h41H,3-39H2,1-2H3. The minimum absolute atomic E-state index is 0.0578. The zero-order chi connectivity index (χ0) is 30.7. The molecule has 0 atom stereocenters. The van der Waals surface area contributed by atoms with E-state index in [2.05, 4.69) is 13.8 Å². The fraction of sp³-hybridized carbons (Fsp3) is 1.00. The van der Waals surface area contributed by atoms with Crippen LogP contribution in [-0.2, 0) is 0 Å². The molecule has 42 heavy (non-hydrogen) atoms. The molecule has 0 aliphatic heterocycles. The Labute approximate surface area is 266 Å². The molecule has 1 N–H and O–H groups in total. The molecule has 0 aliphatic rings. The topological polar surface area (TPSA) is 43.3 Å². The van der Waals surface area contributed by atoms with E-state index in [1.807, 2.05) is 0 Å². The molecule has 0 aliphatic carbocycles. The number of nitrogens with zero attached hydrogens (tertiary/aromatic N) is 1. The van der Waals surface area contributed by atoms with Crippen molar-refractivity contribution < 1.29 is 9.75 Å². The third kappa shape index (κ3) is 32.8. The highest BCUT2D eigenvalue weighted by Gasteiger charge is 2.15. The maximum atomic E-state index is 13.4. The predicted octanol–water partition coefficient (Wildman–Crippen LogP) is 13.2. The van der Waals surface area contributed by atoms with E-state index >= 15 is 0 Å². The maximum absolute atomic E-state index is 13.4. The number of aliphatic hydroxyl groups is 1. The van der Waals surface area contributed by atoms with Crippen molar-refractivity contribution in [3.8, 4) is 0 Å². The molecule has 0 unspecified atom stereocenters. The van der Waals surface area contributed by atoms with Crippen molar-refractivity contribution in [1.82, 2.24) is 0 Å². The average molecular weight is 596 g/mol. The molecule has 3 nitrogen and oxygen atoms in total. The average Bonchev–Trinajstić information content (AvgIpc) is 2.99. The van der Waals surface area contributed by atoms with Crippen LogP contribution in [0, 0.1) is 5.21 Å². The summed E-state index contributed by atoms with van der Waals surface area (Å²) < 4.78 is -0.0578. The highest BCUT2D eigenvalue weighted by Crippen LogP contribution is 2.18. The lowest BCUT2D eigenvalue weighted by molar-refractivity contribution is -0.881. The summed E-state index contributed by atoms with van der Waals surface area (Å²) in [6.07, 6.45) is 44.5. The highest BCUT2D eigenvalue weighted by atomic mass is 16.5. The molecule has 0 aromatic rings. The Morgan fingerprint density at radius 1 is 0.310 bits per heavy atom. The maximum Gasteiger partial charge on any atom is 0.0806 e. The Kier molecular flexibility index (Phi) is 35.3. The van der Waals surface area contributed by atoms with Gasteiger partial charge in [-0.2, -0.15) is 0 Å². The van der Waals surface area contributed by atoms with Gasteiger partial charge < -0.3 is 15.0 Å². The van der Waals surface area contributed by atoms with Crippen molar-refractivity contribution in [2.24, 2.45) is 0 Å². The van der Waals surface area contributed by atoms with Crippen LogP contribution < -0.4 is 0 Å². The van der Waals surface area contributed by atoms with E-state index < -0.39 is 0 Å². The molecule has 0 radical (unpaired) electrons. The first-order chi connectivity index (χ1) is 20.7. The number of rotatable bonds is 37. The fourth-order valence-electron chi connectivity index (χ4n) is 6.59. The van der Waals surface area contributed by atoms with Gasteiger partial charge in [0.25, 0.3) is 0 Å². The van der Waals surface area contributed by atoms with Gasteiger partial charge in [0.2, 0.25) is 0 Å². The minimum Gasteiger partial charge on any atom is -0.633 e. The molecule has 0 heterocycles. The van der Waals surface area contributed by atoms with Crippen molar-refractivity contribution in [1.29, 1.82) is 0 Å². The second kappa shape index (κ2) is 35.4. The summed E-state index contributed by atoms with van der Waals surface area (Å²) in [5.74, 6) is 0. The van der Waals surface area contributed by atoms with E-state index in [-0.39, 0.29) is 11.3 Å². The Morgan fingerprint density at radius 3 is 0.714 bits per heavy atom. The molecule has 0 fully saturated rings. The first-order valence-corrected chi connectivity index (χ1v) is 19.9. The van der Waals surface area contributed by atoms with Crippen LogP contribution in [0.3, 0.4) is 0 Å². The summed E-state index contributed by atoms with van der Waals surface area (Å²) >= 11 is 0. The van der Waals surface area contributed by atoms with Gasteiger partial charge in [0.15, 0.2) is 0 Å². The normalized spacial score (nSPS) is 12.0. The number of quaternary nitrogens is 1. The Morgan fingerprint density at radius 2 is 0.500 bits per heavy atom. The van der Waals surface area contributed by atoms with Gasteiger partial charge in [-0.3, -0.25) is 0 Å². The van der Waals surface area contributed by atoms with Gasteiger partial charge in [0.05, 0.1) is 19.6 Å². The molecule has 0 aromatic carbocycles. The van der Waals surface area contributed by atoms with Crippen LogP contribution in [0.2, 0.25) is 0 Å². The van der Waals surface area contributed by atoms with Gasteiger partial charge >= 0.3 is 0 Å². The Hall–Kier alpha value is -0.120. The van der Waals surface area contributed by atoms with Crippen molar-refractivity contribution in [3.05, 3.63) is 5.21 Å². The smallest absolute Gasteiger partial charge is 0.0806 e. The third-order valence-electron chi connectivity index (χ3n) is 9.56. The second-order valence-corrected chi connectivity index (χ2v) is 13.9. The van der Waals surface area contributed by atoms with E-state index in [0.717, 1.165) is 25.9 Å². The van der Waals surface area contributed by atoms with Crippen LogP contribution in [0.4, 0.5) is 0 Å². The molecule has 0 saturated heterocycles. The summed E-state index contributed by atoms with van der Waals surface area (Å²) in [7, 11) is 0. The van der Waals surface area contributed by atoms with Gasteiger partial charge in [0, 0.05) is 13.0 Å². The Bertz CT molecular complexity index is 447. The molecule has 0 amide bonds. The molecule has 0 aromatic heterocycles. The zero-order valence-corrected chi connectivity index (χ0v) is 29.5. The fourth-order valence-corrected chi connectivity index (χ4v) is 6.59. The van der Waals surface area contributed by atoms with Crippen molar-refractivity contribution in [2.75, 3.05) is 26.2 Å². The number of aliphatic hydroxyl groups excluding tert-OH is 1. The highest BCUT2D eigenvalue weighted by molar-refractivity contribution is 4.54. The quantitative estimate of drug-likeness (QED) is 0.0441. The molecule has 0 spiro atoms. The zero-order valence-electron chi connectivity index (χ0n) is 29.5. The minimum atomic E-state index is -0.0578. The van der Waals surface area contributed by atoms with Gasteiger partial charge in [-0.25, -0.2) is 0 Å². The lowest BCUT2D eigenvalue weighted by atomic mass is 10.0. The number of unbranched alkanes of at least 4 members (excludes halogenated alkanes) is 30. The van der Waals surface area contributed by atoms with Crippen LogP contribution in [0.25, 0.3) is 0 Å². The van der Waals surface area contributed by atoms with E-state index in [1.54, 1.807) is 0 Å². The summed E-state index contributed by atoms with van der Waals surface area (Å²) in [6, 6.07) is 0. The Balaban J connectivity index is 3.58. The molecule has 0 bridgehead atoms. The van der Waals surface area contributed by atoms with E-state index in [9.17, 15) is 10.3 Å². The monoisotopic (exact) mass is 596 g/mol. The van der Waals surface area contributed by atoms with Crippen LogP contribution in [0.5, 0.6) is 0 Å².